The molecule has 3 heterocycles. The Kier molecular flexibility index (Phi) is 7.12. The SMILES string of the molecule is COc1ccc(-c2ccc3c(c2)c2c(N(c4ccccc4)c4ccc5sc6ccccc6c5c4)cccc2n3-c2ccc3sc4ccccc4c3c2)cc1. The standard InChI is InChI=1S/C49H32N2OS2/c1-52-36-23-18-31(19-24-36)32-20-25-42-41(28-32)49-43(14-9-15-44(49)51(42)35-22-27-48-40(30-35)38-13-6-8-17-46(38)54-48)50(33-10-3-2-4-11-33)34-21-26-47-39(29-34)37-12-5-7-16-45(37)53-47/h2-30H,1H3. The van der Waals surface area contributed by atoms with Crippen molar-refractivity contribution in [3.05, 3.63) is 176 Å². The van der Waals surface area contributed by atoms with Crippen LogP contribution in [0, 0.1) is 0 Å². The molecule has 0 bridgehead atoms. The number of fused-ring (bicyclic) bond motifs is 9. The van der Waals surface area contributed by atoms with E-state index in [1.807, 2.05) is 34.8 Å². The highest BCUT2D eigenvalue weighted by molar-refractivity contribution is 7.26. The van der Waals surface area contributed by atoms with Gasteiger partial charge in [0.05, 0.1) is 23.8 Å². The molecule has 0 saturated heterocycles. The van der Waals surface area contributed by atoms with Crippen LogP contribution < -0.4 is 9.64 Å². The van der Waals surface area contributed by atoms with Crippen molar-refractivity contribution in [2.75, 3.05) is 12.0 Å². The number of para-hydroxylation sites is 1. The third kappa shape index (κ3) is 4.86. The van der Waals surface area contributed by atoms with Gasteiger partial charge in [-0.2, -0.15) is 0 Å². The van der Waals surface area contributed by atoms with Crippen LogP contribution in [0.3, 0.4) is 0 Å². The zero-order chi connectivity index (χ0) is 35.8. The molecule has 0 saturated carbocycles. The fourth-order valence-electron chi connectivity index (χ4n) is 8.19. The van der Waals surface area contributed by atoms with E-state index < -0.39 is 0 Å². The Hall–Kier alpha value is -6.40. The minimum atomic E-state index is 0.851. The van der Waals surface area contributed by atoms with Gasteiger partial charge in [-0.15, -0.1) is 22.7 Å². The summed E-state index contributed by atoms with van der Waals surface area (Å²) in [4.78, 5) is 2.44. The Labute approximate surface area is 320 Å². The van der Waals surface area contributed by atoms with Crippen LogP contribution in [0.4, 0.5) is 17.1 Å². The zero-order valence-electron chi connectivity index (χ0n) is 29.4. The van der Waals surface area contributed by atoms with Gasteiger partial charge < -0.3 is 14.2 Å². The number of nitrogens with zero attached hydrogens (tertiary/aromatic N) is 2. The number of methoxy groups -OCH3 is 1. The summed E-state index contributed by atoms with van der Waals surface area (Å²) in [6.07, 6.45) is 0. The van der Waals surface area contributed by atoms with Crippen LogP contribution in [0.15, 0.2) is 176 Å². The van der Waals surface area contributed by atoms with E-state index in [0.717, 1.165) is 45.1 Å². The van der Waals surface area contributed by atoms with E-state index in [2.05, 4.69) is 173 Å². The van der Waals surface area contributed by atoms with Gasteiger partial charge in [-0.05, 0) is 108 Å². The second kappa shape index (κ2) is 12.3. The summed E-state index contributed by atoms with van der Waals surface area (Å²) in [5, 5.41) is 7.57. The predicted octanol–water partition coefficient (Wildman–Crippen LogP) is 14.7. The number of anilines is 3. The third-order valence-corrected chi connectivity index (χ3v) is 13.0. The van der Waals surface area contributed by atoms with Crippen LogP contribution in [0.1, 0.15) is 0 Å². The molecule has 11 rings (SSSR count). The fraction of sp³-hybridized carbons (Fsp3) is 0.0204. The van der Waals surface area contributed by atoms with Crippen LogP contribution in [0.25, 0.3) is 79.0 Å². The lowest BCUT2D eigenvalue weighted by atomic mass is 10.0. The summed E-state index contributed by atoms with van der Waals surface area (Å²) in [7, 11) is 1.71. The van der Waals surface area contributed by atoms with E-state index in [-0.39, 0.29) is 0 Å². The lowest BCUT2D eigenvalue weighted by Crippen LogP contribution is -2.10. The van der Waals surface area contributed by atoms with E-state index in [9.17, 15) is 0 Å². The van der Waals surface area contributed by atoms with E-state index in [1.165, 1.54) is 56.6 Å². The molecule has 0 atom stereocenters. The zero-order valence-corrected chi connectivity index (χ0v) is 31.0. The first-order valence-corrected chi connectivity index (χ1v) is 19.7. The van der Waals surface area contributed by atoms with Crippen LogP contribution in [0.2, 0.25) is 0 Å². The Morgan fingerprint density at radius 1 is 0.444 bits per heavy atom. The van der Waals surface area contributed by atoms with Gasteiger partial charge in [-0.1, -0.05) is 78.9 Å². The van der Waals surface area contributed by atoms with E-state index in [0.29, 0.717) is 0 Å². The maximum atomic E-state index is 5.50. The third-order valence-electron chi connectivity index (χ3n) is 10.7. The Balaban J connectivity index is 1.21. The molecule has 11 aromatic rings. The molecular formula is C49H32N2OS2. The molecule has 256 valence electrons. The van der Waals surface area contributed by atoms with Crippen LogP contribution in [-0.4, -0.2) is 11.7 Å². The van der Waals surface area contributed by atoms with E-state index >= 15 is 0 Å². The fourth-order valence-corrected chi connectivity index (χ4v) is 10.4. The molecule has 0 aliphatic rings. The number of hydrogen-bond acceptors (Lipinski definition) is 4. The number of benzene rings is 8. The van der Waals surface area contributed by atoms with Gasteiger partial charge in [0.2, 0.25) is 0 Å². The largest absolute Gasteiger partial charge is 0.497 e. The molecule has 0 unspecified atom stereocenters. The molecule has 5 heteroatoms. The van der Waals surface area contributed by atoms with Crippen molar-refractivity contribution < 1.29 is 4.74 Å². The van der Waals surface area contributed by atoms with Gasteiger partial charge in [0.15, 0.2) is 0 Å². The first kappa shape index (κ1) is 31.2. The van der Waals surface area contributed by atoms with Crippen LogP contribution >= 0.6 is 22.7 Å². The van der Waals surface area contributed by atoms with Gasteiger partial charge >= 0.3 is 0 Å². The highest BCUT2D eigenvalue weighted by atomic mass is 32.1. The van der Waals surface area contributed by atoms with Crippen molar-refractivity contribution in [1.29, 1.82) is 0 Å². The molecule has 3 nitrogen and oxygen atoms in total. The molecule has 0 aliphatic heterocycles. The molecular weight excluding hydrogens is 697 g/mol. The highest BCUT2D eigenvalue weighted by Gasteiger charge is 2.22. The van der Waals surface area contributed by atoms with Crippen LogP contribution in [0.5, 0.6) is 5.75 Å². The van der Waals surface area contributed by atoms with Crippen molar-refractivity contribution in [1.82, 2.24) is 4.57 Å². The van der Waals surface area contributed by atoms with Gasteiger partial charge in [0.1, 0.15) is 5.75 Å². The predicted molar refractivity (Wildman–Crippen MR) is 233 cm³/mol. The average molecular weight is 729 g/mol. The lowest BCUT2D eigenvalue weighted by Gasteiger charge is -2.26. The summed E-state index contributed by atoms with van der Waals surface area (Å²) in [6, 6.07) is 64.2. The number of thiophene rings is 2. The number of aromatic nitrogens is 1. The van der Waals surface area contributed by atoms with Crippen molar-refractivity contribution in [3.63, 3.8) is 0 Å². The highest BCUT2D eigenvalue weighted by Crippen LogP contribution is 2.47. The summed E-state index contributed by atoms with van der Waals surface area (Å²) < 4.78 is 13.2. The van der Waals surface area contributed by atoms with E-state index in [4.69, 9.17) is 4.74 Å². The normalized spacial score (nSPS) is 11.8. The lowest BCUT2D eigenvalue weighted by molar-refractivity contribution is 0.415. The summed E-state index contributed by atoms with van der Waals surface area (Å²) >= 11 is 3.71. The molecule has 8 aromatic carbocycles. The number of rotatable bonds is 6. The Morgan fingerprint density at radius 2 is 1.09 bits per heavy atom. The first-order chi connectivity index (χ1) is 26.7. The summed E-state index contributed by atoms with van der Waals surface area (Å²) in [6.45, 7) is 0. The Bertz CT molecular complexity index is 3210. The van der Waals surface area contributed by atoms with Gasteiger partial charge in [0.25, 0.3) is 0 Å². The van der Waals surface area contributed by atoms with Gasteiger partial charge in [-0.3, -0.25) is 0 Å². The second-order valence-corrected chi connectivity index (χ2v) is 15.9. The molecule has 3 aromatic heterocycles. The number of hydrogen-bond donors (Lipinski definition) is 0. The first-order valence-electron chi connectivity index (χ1n) is 18.1. The maximum Gasteiger partial charge on any atom is 0.118 e. The van der Waals surface area contributed by atoms with Gasteiger partial charge in [-0.25, -0.2) is 0 Å². The van der Waals surface area contributed by atoms with E-state index in [1.54, 1.807) is 7.11 Å². The Morgan fingerprint density at radius 3 is 1.83 bits per heavy atom. The topological polar surface area (TPSA) is 17.4 Å². The monoisotopic (exact) mass is 728 g/mol. The minimum Gasteiger partial charge on any atom is -0.497 e. The molecule has 0 aliphatic carbocycles. The van der Waals surface area contributed by atoms with Gasteiger partial charge in [0, 0.05) is 68.2 Å². The molecule has 0 amide bonds. The van der Waals surface area contributed by atoms with Crippen molar-refractivity contribution in [2.24, 2.45) is 0 Å². The van der Waals surface area contributed by atoms with Crippen molar-refractivity contribution in [3.8, 4) is 22.6 Å². The van der Waals surface area contributed by atoms with Crippen LogP contribution in [-0.2, 0) is 0 Å². The van der Waals surface area contributed by atoms with Crippen molar-refractivity contribution >= 4 is 102 Å². The molecule has 0 fully saturated rings. The average Bonchev–Trinajstić information content (AvgIpc) is 3.90. The molecule has 0 radical (unpaired) electrons. The second-order valence-electron chi connectivity index (χ2n) is 13.7. The van der Waals surface area contributed by atoms with Crippen molar-refractivity contribution in [2.45, 2.75) is 0 Å². The summed E-state index contributed by atoms with van der Waals surface area (Å²) in [5.74, 6) is 0.851. The quantitative estimate of drug-likeness (QED) is 0.170. The number of ether oxygens (including phenoxy) is 1. The smallest absolute Gasteiger partial charge is 0.118 e. The minimum absolute atomic E-state index is 0.851. The molecule has 0 N–H and O–H groups in total. The molecule has 54 heavy (non-hydrogen) atoms. The molecule has 0 spiro atoms. The summed E-state index contributed by atoms with van der Waals surface area (Å²) in [5.41, 5.74) is 9.17. The maximum absolute atomic E-state index is 5.50.